The molecule has 0 unspecified atom stereocenters. The number of sulfonamides is 1. The van der Waals surface area contributed by atoms with E-state index >= 15 is 0 Å². The topological polar surface area (TPSA) is 69.7 Å². The van der Waals surface area contributed by atoms with Crippen molar-refractivity contribution in [1.82, 2.24) is 14.5 Å². The van der Waals surface area contributed by atoms with Gasteiger partial charge in [-0.2, -0.15) is 0 Å². The molecule has 1 amide bonds. The number of piperidine rings is 2. The molecule has 2 aromatic carbocycles. The van der Waals surface area contributed by atoms with E-state index in [-0.39, 0.29) is 17.6 Å². The van der Waals surface area contributed by atoms with E-state index in [1.165, 1.54) is 29.1 Å². The maximum absolute atomic E-state index is 13.0. The van der Waals surface area contributed by atoms with Gasteiger partial charge in [-0.1, -0.05) is 60.0 Å². The van der Waals surface area contributed by atoms with E-state index in [0.29, 0.717) is 48.1 Å². The molecule has 0 bridgehead atoms. The van der Waals surface area contributed by atoms with Crippen molar-refractivity contribution in [3.8, 4) is 0 Å². The second kappa shape index (κ2) is 12.1. The molecule has 4 rings (SSSR count). The molecule has 9 heteroatoms. The van der Waals surface area contributed by atoms with E-state index in [9.17, 15) is 13.2 Å². The van der Waals surface area contributed by atoms with Gasteiger partial charge in [0.2, 0.25) is 15.9 Å². The Morgan fingerprint density at radius 1 is 0.886 bits per heavy atom. The van der Waals surface area contributed by atoms with Crippen LogP contribution in [0.1, 0.15) is 48.8 Å². The van der Waals surface area contributed by atoms with E-state index < -0.39 is 10.0 Å². The molecule has 0 aromatic heterocycles. The summed E-state index contributed by atoms with van der Waals surface area (Å²) >= 11 is 12.3. The lowest BCUT2D eigenvalue weighted by molar-refractivity contribution is -0.126. The van der Waals surface area contributed by atoms with Crippen molar-refractivity contribution in [3.63, 3.8) is 0 Å². The highest BCUT2D eigenvalue weighted by molar-refractivity contribution is 7.88. The number of nitrogens with one attached hydrogen (secondary N) is 1. The van der Waals surface area contributed by atoms with Crippen LogP contribution in [-0.2, 0) is 33.7 Å². The third-order valence-corrected chi connectivity index (χ3v) is 9.53. The Hall–Kier alpha value is -1.64. The van der Waals surface area contributed by atoms with Crippen molar-refractivity contribution in [2.24, 2.45) is 5.92 Å². The second-order valence-corrected chi connectivity index (χ2v) is 12.2. The predicted octanol–water partition coefficient (Wildman–Crippen LogP) is 4.84. The molecule has 190 valence electrons. The maximum atomic E-state index is 13.0. The third-order valence-electron chi connectivity index (χ3n) is 7.02. The van der Waals surface area contributed by atoms with Gasteiger partial charge in [0, 0.05) is 47.7 Å². The van der Waals surface area contributed by atoms with Crippen molar-refractivity contribution >= 4 is 39.1 Å². The molecule has 2 aliphatic heterocycles. The van der Waals surface area contributed by atoms with Crippen LogP contribution in [0.25, 0.3) is 0 Å². The van der Waals surface area contributed by atoms with E-state index in [2.05, 4.69) is 28.4 Å². The van der Waals surface area contributed by atoms with Crippen LogP contribution >= 0.6 is 23.2 Å². The van der Waals surface area contributed by atoms with Crippen molar-refractivity contribution in [2.75, 3.05) is 26.2 Å². The quantitative estimate of drug-likeness (QED) is 0.523. The standard InChI is InChI=1S/C26H33Cl2N3O3S/c27-24-9-6-10-25(28)23(24)19-35(33,34)31-15-11-20(12-16-31)26(32)29-17-21-7-2-3-8-22(21)18-30-13-4-1-5-14-30/h2-3,6-10,20H,1,4-5,11-19H2,(H,29,32). The van der Waals surface area contributed by atoms with Crippen LogP contribution in [0, 0.1) is 5.92 Å². The van der Waals surface area contributed by atoms with Crippen LogP contribution in [0.4, 0.5) is 0 Å². The molecule has 2 aliphatic rings. The zero-order valence-corrected chi connectivity index (χ0v) is 22.2. The summed E-state index contributed by atoms with van der Waals surface area (Å²) in [5.74, 6) is -0.445. The number of halogens is 2. The minimum atomic E-state index is -3.58. The fourth-order valence-corrected chi connectivity index (χ4v) is 7.22. The van der Waals surface area contributed by atoms with Gasteiger partial charge in [-0.3, -0.25) is 9.69 Å². The number of likely N-dealkylation sites (tertiary alicyclic amines) is 1. The number of benzene rings is 2. The first kappa shape index (κ1) is 26.4. The smallest absolute Gasteiger partial charge is 0.223 e. The summed E-state index contributed by atoms with van der Waals surface area (Å²) in [6, 6.07) is 13.3. The van der Waals surface area contributed by atoms with E-state index in [0.717, 1.165) is 25.2 Å². The van der Waals surface area contributed by atoms with Gasteiger partial charge in [-0.25, -0.2) is 12.7 Å². The Kier molecular flexibility index (Phi) is 9.11. The fourth-order valence-electron chi connectivity index (χ4n) is 4.91. The highest BCUT2D eigenvalue weighted by Gasteiger charge is 2.32. The first-order valence-corrected chi connectivity index (χ1v) is 14.7. The first-order valence-electron chi connectivity index (χ1n) is 12.3. The van der Waals surface area contributed by atoms with Crippen LogP contribution in [0.2, 0.25) is 10.0 Å². The van der Waals surface area contributed by atoms with Crippen molar-refractivity contribution in [1.29, 1.82) is 0 Å². The van der Waals surface area contributed by atoms with Crippen molar-refractivity contribution in [2.45, 2.75) is 50.9 Å². The highest BCUT2D eigenvalue weighted by Crippen LogP contribution is 2.29. The minimum Gasteiger partial charge on any atom is -0.352 e. The molecular formula is C26H33Cl2N3O3S. The van der Waals surface area contributed by atoms with Crippen molar-refractivity contribution < 1.29 is 13.2 Å². The largest absolute Gasteiger partial charge is 0.352 e. The van der Waals surface area contributed by atoms with Gasteiger partial charge in [0.05, 0.1) is 5.75 Å². The van der Waals surface area contributed by atoms with E-state index in [1.807, 2.05) is 6.07 Å². The number of hydrogen-bond donors (Lipinski definition) is 1. The Bertz CT molecular complexity index is 1110. The number of hydrogen-bond acceptors (Lipinski definition) is 4. The lowest BCUT2D eigenvalue weighted by Crippen LogP contribution is -2.43. The Morgan fingerprint density at radius 2 is 1.51 bits per heavy atom. The maximum Gasteiger partial charge on any atom is 0.223 e. The minimum absolute atomic E-state index is 0.0102. The van der Waals surface area contributed by atoms with Crippen LogP contribution in [-0.4, -0.2) is 49.7 Å². The Balaban J connectivity index is 1.29. The molecule has 35 heavy (non-hydrogen) atoms. The summed E-state index contributed by atoms with van der Waals surface area (Å²) in [6.07, 6.45) is 4.80. The molecule has 6 nitrogen and oxygen atoms in total. The van der Waals surface area contributed by atoms with Crippen LogP contribution < -0.4 is 5.32 Å². The molecule has 0 atom stereocenters. The summed E-state index contributed by atoms with van der Waals surface area (Å²) in [6.45, 7) is 4.29. The van der Waals surface area contributed by atoms with Gasteiger partial charge in [0.1, 0.15) is 0 Å². The normalized spacial score (nSPS) is 18.5. The monoisotopic (exact) mass is 537 g/mol. The lowest BCUT2D eigenvalue weighted by atomic mass is 9.97. The molecule has 2 fully saturated rings. The third kappa shape index (κ3) is 6.98. The zero-order chi connectivity index (χ0) is 24.8. The van der Waals surface area contributed by atoms with Crippen LogP contribution in [0.3, 0.4) is 0 Å². The van der Waals surface area contributed by atoms with Gasteiger partial charge in [-0.15, -0.1) is 0 Å². The Labute approximate surface area is 218 Å². The number of carbonyl (C=O) groups excluding carboxylic acids is 1. The van der Waals surface area contributed by atoms with Gasteiger partial charge in [0.25, 0.3) is 0 Å². The molecule has 0 aliphatic carbocycles. The van der Waals surface area contributed by atoms with E-state index in [4.69, 9.17) is 23.2 Å². The lowest BCUT2D eigenvalue weighted by Gasteiger charge is -2.31. The van der Waals surface area contributed by atoms with Gasteiger partial charge in [0.15, 0.2) is 0 Å². The Morgan fingerprint density at radius 3 is 2.17 bits per heavy atom. The summed E-state index contributed by atoms with van der Waals surface area (Å²) in [7, 11) is -3.58. The van der Waals surface area contributed by atoms with Crippen molar-refractivity contribution in [3.05, 3.63) is 69.2 Å². The molecular weight excluding hydrogens is 505 g/mol. The number of nitrogens with zero attached hydrogens (tertiary/aromatic N) is 2. The summed E-state index contributed by atoms with van der Waals surface area (Å²) < 4.78 is 27.4. The van der Waals surface area contributed by atoms with Crippen LogP contribution in [0.15, 0.2) is 42.5 Å². The summed E-state index contributed by atoms with van der Waals surface area (Å²) in [4.78, 5) is 15.4. The average Bonchev–Trinajstić information content (AvgIpc) is 2.86. The zero-order valence-electron chi connectivity index (χ0n) is 19.9. The molecule has 0 spiro atoms. The molecule has 1 N–H and O–H groups in total. The summed E-state index contributed by atoms with van der Waals surface area (Å²) in [5, 5.41) is 3.78. The molecule has 2 aromatic rings. The number of amides is 1. The molecule has 2 heterocycles. The molecule has 0 radical (unpaired) electrons. The number of carbonyl (C=O) groups is 1. The predicted molar refractivity (Wildman–Crippen MR) is 141 cm³/mol. The van der Waals surface area contributed by atoms with Gasteiger partial charge >= 0.3 is 0 Å². The average molecular weight is 539 g/mol. The number of rotatable bonds is 8. The van der Waals surface area contributed by atoms with E-state index in [1.54, 1.807) is 18.2 Å². The van der Waals surface area contributed by atoms with Gasteiger partial charge in [-0.05, 0) is 62.0 Å². The fraction of sp³-hybridized carbons (Fsp3) is 0.500. The first-order chi connectivity index (χ1) is 16.8. The highest BCUT2D eigenvalue weighted by atomic mass is 35.5. The van der Waals surface area contributed by atoms with Gasteiger partial charge < -0.3 is 5.32 Å². The molecule has 2 saturated heterocycles. The van der Waals surface area contributed by atoms with Crippen LogP contribution in [0.5, 0.6) is 0 Å². The molecule has 0 saturated carbocycles. The summed E-state index contributed by atoms with van der Waals surface area (Å²) in [5.41, 5.74) is 2.82. The second-order valence-electron chi connectivity index (χ2n) is 9.45. The SMILES string of the molecule is O=C(NCc1ccccc1CN1CCCCC1)C1CCN(S(=O)(=O)Cc2c(Cl)cccc2Cl)CC1.